The fourth-order valence-corrected chi connectivity index (χ4v) is 3.15. The number of rotatable bonds is 5. The Labute approximate surface area is 126 Å². The average Bonchev–Trinajstić information content (AvgIpc) is 2.96. The van der Waals surface area contributed by atoms with Gasteiger partial charge in [0.15, 0.2) is 5.89 Å². The number of aryl methyl sites for hydroxylation is 1. The molecule has 1 aromatic carbocycles. The standard InChI is InChI=1S/C18H24N2O/c1-14-20-18(13-21-14)16-7-9-17(10-8-16)19-12-11-15-5-3-2-4-6-15/h7-10,13,15,19H,2-6,11-12H2,1H3. The highest BCUT2D eigenvalue weighted by atomic mass is 16.3. The molecule has 1 aliphatic rings. The zero-order valence-corrected chi connectivity index (χ0v) is 12.8. The first-order valence-electron chi connectivity index (χ1n) is 8.08. The highest BCUT2D eigenvalue weighted by Crippen LogP contribution is 2.26. The summed E-state index contributed by atoms with van der Waals surface area (Å²) >= 11 is 0. The molecule has 3 rings (SSSR count). The third-order valence-corrected chi connectivity index (χ3v) is 4.41. The second-order valence-corrected chi connectivity index (χ2v) is 6.05. The monoisotopic (exact) mass is 284 g/mol. The molecule has 1 heterocycles. The smallest absolute Gasteiger partial charge is 0.191 e. The van der Waals surface area contributed by atoms with E-state index < -0.39 is 0 Å². The summed E-state index contributed by atoms with van der Waals surface area (Å²) in [5, 5.41) is 3.53. The predicted molar refractivity (Wildman–Crippen MR) is 86.4 cm³/mol. The number of hydrogen-bond acceptors (Lipinski definition) is 3. The second kappa shape index (κ2) is 6.79. The van der Waals surface area contributed by atoms with Crippen LogP contribution in [-0.4, -0.2) is 11.5 Å². The van der Waals surface area contributed by atoms with Crippen molar-refractivity contribution in [1.82, 2.24) is 4.98 Å². The van der Waals surface area contributed by atoms with Crippen LogP contribution in [0, 0.1) is 12.8 Å². The topological polar surface area (TPSA) is 38.1 Å². The van der Waals surface area contributed by atoms with Gasteiger partial charge in [-0.05, 0) is 24.5 Å². The van der Waals surface area contributed by atoms with Crippen molar-refractivity contribution < 1.29 is 4.42 Å². The molecule has 1 N–H and O–H groups in total. The largest absolute Gasteiger partial charge is 0.449 e. The Hall–Kier alpha value is -1.77. The first kappa shape index (κ1) is 14.2. The van der Waals surface area contributed by atoms with E-state index in [-0.39, 0.29) is 0 Å². The van der Waals surface area contributed by atoms with Gasteiger partial charge in [-0.15, -0.1) is 0 Å². The van der Waals surface area contributed by atoms with Gasteiger partial charge in [-0.3, -0.25) is 0 Å². The fourth-order valence-electron chi connectivity index (χ4n) is 3.15. The lowest BCUT2D eigenvalue weighted by Crippen LogP contribution is -2.12. The highest BCUT2D eigenvalue weighted by molar-refractivity contribution is 5.61. The summed E-state index contributed by atoms with van der Waals surface area (Å²) < 4.78 is 5.25. The van der Waals surface area contributed by atoms with Gasteiger partial charge in [-0.2, -0.15) is 0 Å². The number of nitrogens with zero attached hydrogens (tertiary/aromatic N) is 1. The Morgan fingerprint density at radius 3 is 2.57 bits per heavy atom. The molecular weight excluding hydrogens is 260 g/mol. The Morgan fingerprint density at radius 2 is 1.90 bits per heavy atom. The molecule has 2 aromatic rings. The van der Waals surface area contributed by atoms with Crippen molar-refractivity contribution in [3.63, 3.8) is 0 Å². The van der Waals surface area contributed by atoms with Gasteiger partial charge in [0.05, 0.1) is 0 Å². The van der Waals surface area contributed by atoms with Crippen LogP contribution >= 0.6 is 0 Å². The number of oxazole rings is 1. The van der Waals surface area contributed by atoms with Crippen LogP contribution in [0.4, 0.5) is 5.69 Å². The fraction of sp³-hybridized carbons (Fsp3) is 0.500. The van der Waals surface area contributed by atoms with Crippen molar-refractivity contribution in [3.8, 4) is 11.3 Å². The second-order valence-electron chi connectivity index (χ2n) is 6.05. The van der Waals surface area contributed by atoms with Crippen LogP contribution in [0.2, 0.25) is 0 Å². The van der Waals surface area contributed by atoms with Crippen molar-refractivity contribution >= 4 is 5.69 Å². The molecule has 0 atom stereocenters. The summed E-state index contributed by atoms with van der Waals surface area (Å²) in [5.74, 6) is 1.64. The van der Waals surface area contributed by atoms with Gasteiger partial charge in [0.25, 0.3) is 0 Å². The molecule has 0 radical (unpaired) electrons. The molecule has 1 fully saturated rings. The van der Waals surface area contributed by atoms with Gasteiger partial charge in [-0.1, -0.05) is 44.2 Å². The number of hydrogen-bond donors (Lipinski definition) is 1. The Kier molecular flexibility index (Phi) is 4.59. The van der Waals surface area contributed by atoms with Crippen molar-refractivity contribution in [1.29, 1.82) is 0 Å². The predicted octanol–water partition coefficient (Wildman–Crippen LogP) is 5.03. The molecule has 1 saturated carbocycles. The summed E-state index contributed by atoms with van der Waals surface area (Å²) in [5.41, 5.74) is 3.20. The van der Waals surface area contributed by atoms with Crippen LogP contribution < -0.4 is 5.32 Å². The minimum atomic E-state index is 0.708. The molecule has 1 aliphatic carbocycles. The van der Waals surface area contributed by atoms with E-state index in [0.29, 0.717) is 5.89 Å². The van der Waals surface area contributed by atoms with E-state index in [1.807, 2.05) is 6.92 Å². The first-order chi connectivity index (χ1) is 10.3. The summed E-state index contributed by atoms with van der Waals surface area (Å²) in [6.45, 7) is 2.94. The zero-order chi connectivity index (χ0) is 14.5. The van der Waals surface area contributed by atoms with Crippen molar-refractivity contribution in [3.05, 3.63) is 36.4 Å². The molecule has 0 aliphatic heterocycles. The quantitative estimate of drug-likeness (QED) is 0.836. The van der Waals surface area contributed by atoms with E-state index in [9.17, 15) is 0 Å². The maximum Gasteiger partial charge on any atom is 0.191 e. The van der Waals surface area contributed by atoms with Gasteiger partial charge in [0.1, 0.15) is 12.0 Å². The molecule has 0 unspecified atom stereocenters. The first-order valence-corrected chi connectivity index (χ1v) is 8.08. The molecule has 112 valence electrons. The molecule has 0 bridgehead atoms. The number of aromatic nitrogens is 1. The Balaban J connectivity index is 1.50. The summed E-state index contributed by atoms with van der Waals surface area (Å²) in [6.07, 6.45) is 10.1. The van der Waals surface area contributed by atoms with Gasteiger partial charge in [-0.25, -0.2) is 4.98 Å². The number of nitrogens with one attached hydrogen (secondary N) is 1. The third kappa shape index (κ3) is 3.87. The normalized spacial score (nSPS) is 16.0. The molecular formula is C18H24N2O. The van der Waals surface area contributed by atoms with Crippen molar-refractivity contribution in [2.45, 2.75) is 45.4 Å². The minimum Gasteiger partial charge on any atom is -0.449 e. The van der Waals surface area contributed by atoms with Crippen LogP contribution in [-0.2, 0) is 0 Å². The van der Waals surface area contributed by atoms with Gasteiger partial charge < -0.3 is 9.73 Å². The van der Waals surface area contributed by atoms with E-state index in [1.54, 1.807) is 6.26 Å². The lowest BCUT2D eigenvalue weighted by Gasteiger charge is -2.21. The molecule has 3 heteroatoms. The molecule has 21 heavy (non-hydrogen) atoms. The van der Waals surface area contributed by atoms with Crippen LogP contribution in [0.3, 0.4) is 0 Å². The molecule has 0 amide bonds. The maximum atomic E-state index is 5.25. The summed E-state index contributed by atoms with van der Waals surface area (Å²) in [7, 11) is 0. The lowest BCUT2D eigenvalue weighted by molar-refractivity contribution is 0.345. The van der Waals surface area contributed by atoms with E-state index in [0.717, 1.165) is 23.7 Å². The molecule has 0 spiro atoms. The Morgan fingerprint density at radius 1 is 1.14 bits per heavy atom. The van der Waals surface area contributed by atoms with E-state index in [1.165, 1.54) is 44.2 Å². The summed E-state index contributed by atoms with van der Waals surface area (Å²) in [4.78, 5) is 4.35. The van der Waals surface area contributed by atoms with E-state index in [2.05, 4.69) is 34.6 Å². The van der Waals surface area contributed by atoms with Gasteiger partial charge in [0.2, 0.25) is 0 Å². The highest BCUT2D eigenvalue weighted by Gasteiger charge is 2.12. The van der Waals surface area contributed by atoms with E-state index in [4.69, 9.17) is 4.42 Å². The van der Waals surface area contributed by atoms with Gasteiger partial charge >= 0.3 is 0 Å². The SMILES string of the molecule is Cc1nc(-c2ccc(NCCC3CCCCC3)cc2)co1. The van der Waals surface area contributed by atoms with Crippen LogP contribution in [0.15, 0.2) is 34.9 Å². The van der Waals surface area contributed by atoms with E-state index >= 15 is 0 Å². The van der Waals surface area contributed by atoms with Crippen molar-refractivity contribution in [2.24, 2.45) is 5.92 Å². The number of anilines is 1. The zero-order valence-electron chi connectivity index (χ0n) is 12.8. The van der Waals surface area contributed by atoms with Crippen LogP contribution in [0.5, 0.6) is 0 Å². The molecule has 3 nitrogen and oxygen atoms in total. The third-order valence-electron chi connectivity index (χ3n) is 4.41. The molecule has 1 aromatic heterocycles. The lowest BCUT2D eigenvalue weighted by atomic mass is 9.87. The molecule has 0 saturated heterocycles. The average molecular weight is 284 g/mol. The van der Waals surface area contributed by atoms with Crippen LogP contribution in [0.1, 0.15) is 44.4 Å². The minimum absolute atomic E-state index is 0.708. The van der Waals surface area contributed by atoms with Gasteiger partial charge in [0, 0.05) is 24.7 Å². The van der Waals surface area contributed by atoms with Crippen LogP contribution in [0.25, 0.3) is 11.3 Å². The summed E-state index contributed by atoms with van der Waals surface area (Å²) in [6, 6.07) is 8.45. The Bertz CT molecular complexity index is 553. The number of benzene rings is 1. The van der Waals surface area contributed by atoms with Crippen molar-refractivity contribution in [2.75, 3.05) is 11.9 Å². The maximum absolute atomic E-state index is 5.25.